The van der Waals surface area contributed by atoms with Gasteiger partial charge >= 0.3 is 0 Å². The van der Waals surface area contributed by atoms with Gasteiger partial charge in [-0.05, 0) is 31.4 Å². The van der Waals surface area contributed by atoms with Crippen molar-refractivity contribution in [2.24, 2.45) is 0 Å². The molecule has 1 heterocycles. The van der Waals surface area contributed by atoms with E-state index in [1.165, 1.54) is 11.1 Å². The second-order valence-corrected chi connectivity index (χ2v) is 5.76. The van der Waals surface area contributed by atoms with Gasteiger partial charge in [-0.2, -0.15) is 0 Å². The quantitative estimate of drug-likeness (QED) is 0.800. The predicted octanol–water partition coefficient (Wildman–Crippen LogP) is 2.78. The fourth-order valence-corrected chi connectivity index (χ4v) is 2.79. The van der Waals surface area contributed by atoms with Crippen LogP contribution in [0.15, 0.2) is 24.3 Å². The Morgan fingerprint density at radius 3 is 2.85 bits per heavy atom. The van der Waals surface area contributed by atoms with Crippen molar-refractivity contribution in [2.45, 2.75) is 38.9 Å². The van der Waals surface area contributed by atoms with Crippen molar-refractivity contribution in [2.75, 3.05) is 19.0 Å². The summed E-state index contributed by atoms with van der Waals surface area (Å²) in [6.07, 6.45) is 1.37. The highest BCUT2D eigenvalue weighted by Crippen LogP contribution is 2.15. The lowest BCUT2D eigenvalue weighted by molar-refractivity contribution is -0.142. The van der Waals surface area contributed by atoms with Gasteiger partial charge in [0, 0.05) is 19.5 Å². The van der Waals surface area contributed by atoms with E-state index in [-0.39, 0.29) is 18.1 Å². The molecule has 0 aliphatic carbocycles. The zero-order valence-electron chi connectivity index (χ0n) is 12.1. The van der Waals surface area contributed by atoms with Crippen molar-refractivity contribution in [3.63, 3.8) is 0 Å². The first-order valence-corrected chi connectivity index (χ1v) is 7.67. The molecule has 1 amide bonds. The molecule has 2 rings (SSSR count). The molecule has 1 fully saturated rings. The highest BCUT2D eigenvalue weighted by Gasteiger charge is 2.27. The summed E-state index contributed by atoms with van der Waals surface area (Å²) in [4.78, 5) is 14.2. The second kappa shape index (κ2) is 7.09. The van der Waals surface area contributed by atoms with Crippen LogP contribution in [0.3, 0.4) is 0 Å². The number of aryl methyl sites for hydroxylation is 2. The van der Waals surface area contributed by atoms with E-state index in [4.69, 9.17) is 16.3 Å². The number of hydrogen-bond acceptors (Lipinski definition) is 2. The van der Waals surface area contributed by atoms with Gasteiger partial charge in [-0.15, -0.1) is 11.6 Å². The van der Waals surface area contributed by atoms with E-state index < -0.39 is 0 Å². The Kier molecular flexibility index (Phi) is 5.44. The maximum atomic E-state index is 12.3. The summed E-state index contributed by atoms with van der Waals surface area (Å²) < 4.78 is 5.67. The molecule has 110 valence electrons. The number of benzene rings is 1. The van der Waals surface area contributed by atoms with Crippen molar-refractivity contribution in [3.8, 4) is 0 Å². The molecule has 4 heteroatoms. The Bertz CT molecular complexity index is 464. The van der Waals surface area contributed by atoms with Crippen molar-refractivity contribution < 1.29 is 9.53 Å². The summed E-state index contributed by atoms with van der Waals surface area (Å²) >= 11 is 5.85. The number of nitrogens with zero attached hydrogens (tertiary/aromatic N) is 1. The average Bonchev–Trinajstić information content (AvgIpc) is 2.45. The van der Waals surface area contributed by atoms with Crippen LogP contribution in [0, 0.1) is 6.92 Å². The van der Waals surface area contributed by atoms with E-state index in [9.17, 15) is 4.79 Å². The smallest absolute Gasteiger partial charge is 0.223 e. The van der Waals surface area contributed by atoms with Gasteiger partial charge < -0.3 is 9.64 Å². The van der Waals surface area contributed by atoms with Crippen LogP contribution in [0.25, 0.3) is 0 Å². The third kappa shape index (κ3) is 3.97. The Morgan fingerprint density at radius 2 is 2.15 bits per heavy atom. The van der Waals surface area contributed by atoms with Gasteiger partial charge in [0.15, 0.2) is 0 Å². The first kappa shape index (κ1) is 15.3. The van der Waals surface area contributed by atoms with Crippen LogP contribution in [-0.2, 0) is 16.0 Å². The summed E-state index contributed by atoms with van der Waals surface area (Å²) in [6.45, 7) is 5.35. The molecule has 1 aromatic rings. The Morgan fingerprint density at radius 1 is 1.40 bits per heavy atom. The van der Waals surface area contributed by atoms with Crippen LogP contribution < -0.4 is 0 Å². The van der Waals surface area contributed by atoms with Gasteiger partial charge in [0.2, 0.25) is 5.91 Å². The van der Waals surface area contributed by atoms with Gasteiger partial charge in [-0.1, -0.05) is 24.3 Å². The maximum absolute atomic E-state index is 12.3. The zero-order valence-corrected chi connectivity index (χ0v) is 12.9. The van der Waals surface area contributed by atoms with Crippen molar-refractivity contribution >= 4 is 17.5 Å². The van der Waals surface area contributed by atoms with Gasteiger partial charge in [-0.3, -0.25) is 4.79 Å². The molecular weight excluding hydrogens is 274 g/mol. The number of alkyl halides is 1. The van der Waals surface area contributed by atoms with E-state index in [1.807, 2.05) is 24.0 Å². The van der Waals surface area contributed by atoms with Gasteiger partial charge in [0.1, 0.15) is 0 Å². The second-order valence-electron chi connectivity index (χ2n) is 5.45. The van der Waals surface area contributed by atoms with Gasteiger partial charge in [0.05, 0.1) is 18.1 Å². The van der Waals surface area contributed by atoms with Crippen LogP contribution >= 0.6 is 11.6 Å². The monoisotopic (exact) mass is 295 g/mol. The minimum Gasteiger partial charge on any atom is -0.370 e. The van der Waals surface area contributed by atoms with Crippen molar-refractivity contribution in [1.82, 2.24) is 4.90 Å². The molecule has 0 saturated carbocycles. The Balaban J connectivity index is 1.90. The third-order valence-corrected chi connectivity index (χ3v) is 4.06. The minimum atomic E-state index is -0.0390. The number of carbonyl (C=O) groups is 1. The van der Waals surface area contributed by atoms with Crippen LogP contribution in [0.4, 0.5) is 0 Å². The van der Waals surface area contributed by atoms with E-state index >= 15 is 0 Å². The Hall–Kier alpha value is -1.06. The lowest BCUT2D eigenvalue weighted by Crippen LogP contribution is -2.49. The van der Waals surface area contributed by atoms with Crippen LogP contribution in [0.1, 0.15) is 24.5 Å². The summed E-state index contributed by atoms with van der Waals surface area (Å²) in [6, 6.07) is 8.22. The summed E-state index contributed by atoms with van der Waals surface area (Å²) in [5.41, 5.74) is 2.49. The summed E-state index contributed by atoms with van der Waals surface area (Å²) in [5.74, 6) is 0.629. The van der Waals surface area contributed by atoms with E-state index in [2.05, 4.69) is 19.1 Å². The van der Waals surface area contributed by atoms with Crippen LogP contribution in [0.2, 0.25) is 0 Å². The summed E-state index contributed by atoms with van der Waals surface area (Å²) in [7, 11) is 0. The van der Waals surface area contributed by atoms with Gasteiger partial charge in [0.25, 0.3) is 0 Å². The minimum absolute atomic E-state index is 0.0390. The lowest BCUT2D eigenvalue weighted by atomic mass is 10.0. The SMILES string of the molecule is Cc1ccccc1CCC(=O)N1CC(C)OC(CCl)C1. The first-order valence-electron chi connectivity index (χ1n) is 7.14. The van der Waals surface area contributed by atoms with Crippen molar-refractivity contribution in [1.29, 1.82) is 0 Å². The average molecular weight is 296 g/mol. The van der Waals surface area contributed by atoms with E-state index in [0.717, 1.165) is 6.42 Å². The molecule has 3 nitrogen and oxygen atoms in total. The highest BCUT2D eigenvalue weighted by molar-refractivity contribution is 6.18. The lowest BCUT2D eigenvalue weighted by Gasteiger charge is -2.36. The number of rotatable bonds is 4. The number of ether oxygens (including phenoxy) is 1. The van der Waals surface area contributed by atoms with E-state index in [1.54, 1.807) is 0 Å². The molecule has 0 N–H and O–H groups in total. The zero-order chi connectivity index (χ0) is 14.5. The number of carbonyl (C=O) groups excluding carboxylic acids is 1. The standard InChI is InChI=1S/C16H22ClNO2/c1-12-5-3-4-6-14(12)7-8-16(19)18-10-13(2)20-15(9-17)11-18/h3-6,13,15H,7-11H2,1-2H3. The number of morpholine rings is 1. The fraction of sp³-hybridized carbons (Fsp3) is 0.562. The van der Waals surface area contributed by atoms with Crippen LogP contribution in [0.5, 0.6) is 0 Å². The molecule has 0 radical (unpaired) electrons. The molecule has 0 bridgehead atoms. The molecule has 2 unspecified atom stereocenters. The van der Waals surface area contributed by atoms with Gasteiger partial charge in [-0.25, -0.2) is 0 Å². The van der Waals surface area contributed by atoms with E-state index in [0.29, 0.717) is 25.4 Å². The third-order valence-electron chi connectivity index (χ3n) is 3.72. The fourth-order valence-electron chi connectivity index (χ4n) is 2.62. The topological polar surface area (TPSA) is 29.5 Å². The number of amides is 1. The molecular formula is C16H22ClNO2. The highest BCUT2D eigenvalue weighted by atomic mass is 35.5. The largest absolute Gasteiger partial charge is 0.370 e. The number of halogens is 1. The molecule has 0 aromatic heterocycles. The molecule has 20 heavy (non-hydrogen) atoms. The molecule has 1 aromatic carbocycles. The predicted molar refractivity (Wildman–Crippen MR) is 81.1 cm³/mol. The first-order chi connectivity index (χ1) is 9.60. The molecule has 2 atom stereocenters. The Labute approximate surface area is 125 Å². The molecule has 1 aliphatic heterocycles. The molecule has 1 saturated heterocycles. The number of hydrogen-bond donors (Lipinski definition) is 0. The molecule has 0 spiro atoms. The summed E-state index contributed by atoms with van der Waals surface area (Å²) in [5, 5.41) is 0. The van der Waals surface area contributed by atoms with Crippen LogP contribution in [-0.4, -0.2) is 42.0 Å². The maximum Gasteiger partial charge on any atom is 0.223 e. The van der Waals surface area contributed by atoms with Crippen molar-refractivity contribution in [3.05, 3.63) is 35.4 Å². The molecule has 1 aliphatic rings. The normalized spacial score (nSPS) is 22.9.